The minimum absolute atomic E-state index is 0.292. The number of esters is 1. The molecule has 0 radical (unpaired) electrons. The molecule has 1 aliphatic rings. The van der Waals surface area contributed by atoms with Crippen LogP contribution in [-0.2, 0) is 4.74 Å². The molecule has 0 aromatic heterocycles. The van der Waals surface area contributed by atoms with E-state index >= 15 is 0 Å². The van der Waals surface area contributed by atoms with Gasteiger partial charge in [-0.15, -0.1) is 0 Å². The van der Waals surface area contributed by atoms with Gasteiger partial charge in [0.1, 0.15) is 5.76 Å². The van der Waals surface area contributed by atoms with Crippen LogP contribution in [0.4, 0.5) is 0 Å². The van der Waals surface area contributed by atoms with E-state index in [-0.39, 0.29) is 5.97 Å². The first-order chi connectivity index (χ1) is 8.74. The maximum Gasteiger partial charge on any atom is 0.344 e. The zero-order chi connectivity index (χ0) is 12.5. The Morgan fingerprint density at radius 1 is 1.00 bits per heavy atom. The summed E-state index contributed by atoms with van der Waals surface area (Å²) in [5.41, 5.74) is 2.45. The maximum atomic E-state index is 11.7. The largest absolute Gasteiger partial charge is 0.422 e. The van der Waals surface area contributed by atoms with Crippen molar-refractivity contribution < 1.29 is 9.53 Å². The summed E-state index contributed by atoms with van der Waals surface area (Å²) in [4.78, 5) is 11.7. The standard InChI is InChI=1S/C15H9BrO2/c16-11-6-7-12-13(9-11)14(18-15(12)17)8-10-4-2-1-3-5-10/h1-9H/b14-8-. The van der Waals surface area contributed by atoms with E-state index in [2.05, 4.69) is 15.9 Å². The quantitative estimate of drug-likeness (QED) is 0.741. The van der Waals surface area contributed by atoms with Crippen molar-refractivity contribution >= 4 is 33.7 Å². The van der Waals surface area contributed by atoms with Crippen LogP contribution in [0.1, 0.15) is 21.5 Å². The van der Waals surface area contributed by atoms with Gasteiger partial charge in [0, 0.05) is 10.0 Å². The SMILES string of the molecule is O=C1O/C(=C\c2ccccc2)c2cc(Br)ccc21. The van der Waals surface area contributed by atoms with Crippen LogP contribution in [-0.4, -0.2) is 5.97 Å². The zero-order valence-corrected chi connectivity index (χ0v) is 11.0. The second kappa shape index (κ2) is 4.42. The summed E-state index contributed by atoms with van der Waals surface area (Å²) in [6.07, 6.45) is 1.87. The van der Waals surface area contributed by atoms with Crippen LogP contribution in [0.15, 0.2) is 53.0 Å². The number of halogens is 1. The first kappa shape index (κ1) is 11.2. The van der Waals surface area contributed by atoms with E-state index in [1.165, 1.54) is 0 Å². The van der Waals surface area contributed by atoms with Crippen LogP contribution in [0.5, 0.6) is 0 Å². The zero-order valence-electron chi connectivity index (χ0n) is 9.39. The molecule has 0 atom stereocenters. The highest BCUT2D eigenvalue weighted by Crippen LogP contribution is 2.33. The number of benzene rings is 2. The lowest BCUT2D eigenvalue weighted by molar-refractivity contribution is 0.0717. The van der Waals surface area contributed by atoms with Crippen molar-refractivity contribution in [1.29, 1.82) is 0 Å². The van der Waals surface area contributed by atoms with Crippen molar-refractivity contribution in [1.82, 2.24) is 0 Å². The number of hydrogen-bond acceptors (Lipinski definition) is 2. The Morgan fingerprint density at radius 2 is 1.78 bits per heavy atom. The fourth-order valence-corrected chi connectivity index (χ4v) is 2.28. The van der Waals surface area contributed by atoms with Crippen molar-refractivity contribution in [2.45, 2.75) is 0 Å². The molecule has 0 fully saturated rings. The molecule has 0 bridgehead atoms. The van der Waals surface area contributed by atoms with E-state index in [4.69, 9.17) is 4.74 Å². The fraction of sp³-hybridized carbons (Fsp3) is 0. The Hall–Kier alpha value is -1.87. The van der Waals surface area contributed by atoms with Gasteiger partial charge in [-0.3, -0.25) is 0 Å². The number of ether oxygens (including phenoxy) is 1. The first-order valence-corrected chi connectivity index (χ1v) is 6.32. The lowest BCUT2D eigenvalue weighted by Gasteiger charge is -1.99. The summed E-state index contributed by atoms with van der Waals surface area (Å²) < 4.78 is 6.22. The van der Waals surface area contributed by atoms with Crippen LogP contribution < -0.4 is 0 Å². The smallest absolute Gasteiger partial charge is 0.344 e. The van der Waals surface area contributed by atoms with Gasteiger partial charge in [0.25, 0.3) is 0 Å². The topological polar surface area (TPSA) is 26.3 Å². The molecule has 0 amide bonds. The number of carbonyl (C=O) groups is 1. The van der Waals surface area contributed by atoms with E-state index in [9.17, 15) is 4.79 Å². The summed E-state index contributed by atoms with van der Waals surface area (Å²) in [6, 6.07) is 15.3. The number of carbonyl (C=O) groups excluding carboxylic acids is 1. The van der Waals surface area contributed by atoms with Gasteiger partial charge in [-0.2, -0.15) is 0 Å². The highest BCUT2D eigenvalue weighted by Gasteiger charge is 2.26. The second-order valence-electron chi connectivity index (χ2n) is 4.00. The summed E-state index contributed by atoms with van der Waals surface area (Å²) >= 11 is 3.40. The Labute approximate surface area is 113 Å². The van der Waals surface area contributed by atoms with E-state index < -0.39 is 0 Å². The van der Waals surface area contributed by atoms with Gasteiger partial charge in [0.2, 0.25) is 0 Å². The predicted octanol–water partition coefficient (Wildman–Crippen LogP) is 4.12. The van der Waals surface area contributed by atoms with Gasteiger partial charge in [-0.1, -0.05) is 46.3 Å². The monoisotopic (exact) mass is 300 g/mol. The Morgan fingerprint density at radius 3 is 2.56 bits per heavy atom. The average molecular weight is 301 g/mol. The Kier molecular flexibility index (Phi) is 2.76. The molecular formula is C15H9BrO2. The number of hydrogen-bond donors (Lipinski definition) is 0. The molecule has 1 aliphatic heterocycles. The maximum absolute atomic E-state index is 11.7. The van der Waals surface area contributed by atoms with Crippen molar-refractivity contribution in [3.63, 3.8) is 0 Å². The molecule has 18 heavy (non-hydrogen) atoms. The molecule has 1 heterocycles. The molecular weight excluding hydrogens is 292 g/mol. The van der Waals surface area contributed by atoms with Crippen LogP contribution in [0, 0.1) is 0 Å². The first-order valence-electron chi connectivity index (χ1n) is 5.53. The van der Waals surface area contributed by atoms with E-state index in [1.54, 1.807) is 6.07 Å². The summed E-state index contributed by atoms with van der Waals surface area (Å²) in [6.45, 7) is 0. The summed E-state index contributed by atoms with van der Waals surface area (Å²) in [5.74, 6) is 0.308. The lowest BCUT2D eigenvalue weighted by atomic mass is 10.1. The van der Waals surface area contributed by atoms with E-state index in [0.717, 1.165) is 15.6 Å². The Bertz CT molecular complexity index is 645. The van der Waals surface area contributed by atoms with Crippen molar-refractivity contribution in [3.8, 4) is 0 Å². The van der Waals surface area contributed by atoms with Gasteiger partial charge >= 0.3 is 5.97 Å². The van der Waals surface area contributed by atoms with Crippen molar-refractivity contribution in [2.75, 3.05) is 0 Å². The molecule has 3 rings (SSSR count). The highest BCUT2D eigenvalue weighted by atomic mass is 79.9. The minimum Gasteiger partial charge on any atom is -0.422 e. The van der Waals surface area contributed by atoms with Gasteiger partial charge in [-0.05, 0) is 29.8 Å². The molecule has 2 nitrogen and oxygen atoms in total. The van der Waals surface area contributed by atoms with Gasteiger partial charge in [0.15, 0.2) is 0 Å². The molecule has 88 valence electrons. The number of cyclic esters (lactones) is 1. The predicted molar refractivity (Wildman–Crippen MR) is 73.9 cm³/mol. The second-order valence-corrected chi connectivity index (χ2v) is 4.91. The van der Waals surface area contributed by atoms with Gasteiger partial charge in [0.05, 0.1) is 5.56 Å². The van der Waals surface area contributed by atoms with Crippen molar-refractivity contribution in [2.24, 2.45) is 0 Å². The molecule has 0 N–H and O–H groups in total. The lowest BCUT2D eigenvalue weighted by Crippen LogP contribution is -1.92. The van der Waals surface area contributed by atoms with Crippen LogP contribution in [0.3, 0.4) is 0 Å². The molecule has 0 saturated heterocycles. The molecule has 3 heteroatoms. The van der Waals surface area contributed by atoms with Crippen molar-refractivity contribution in [3.05, 3.63) is 69.7 Å². The molecule has 0 unspecified atom stereocenters. The molecule has 0 saturated carbocycles. The van der Waals surface area contributed by atoms with Gasteiger partial charge < -0.3 is 4.74 Å². The van der Waals surface area contributed by atoms with E-state index in [1.807, 2.05) is 48.5 Å². The third kappa shape index (κ3) is 1.97. The third-order valence-electron chi connectivity index (χ3n) is 2.77. The van der Waals surface area contributed by atoms with Crippen LogP contribution in [0.2, 0.25) is 0 Å². The van der Waals surface area contributed by atoms with Gasteiger partial charge in [-0.25, -0.2) is 4.79 Å². The minimum atomic E-state index is -0.292. The Balaban J connectivity index is 2.10. The number of rotatable bonds is 1. The number of fused-ring (bicyclic) bond motifs is 1. The summed E-state index contributed by atoms with van der Waals surface area (Å²) in [7, 11) is 0. The van der Waals surface area contributed by atoms with Crippen LogP contribution in [0.25, 0.3) is 11.8 Å². The molecule has 0 aliphatic carbocycles. The van der Waals surface area contributed by atoms with Crippen LogP contribution >= 0.6 is 15.9 Å². The third-order valence-corrected chi connectivity index (χ3v) is 3.26. The normalized spacial score (nSPS) is 15.6. The fourth-order valence-electron chi connectivity index (χ4n) is 1.92. The van der Waals surface area contributed by atoms with E-state index in [0.29, 0.717) is 11.3 Å². The molecule has 2 aromatic rings. The molecule has 0 spiro atoms. The molecule has 2 aromatic carbocycles. The average Bonchev–Trinajstić information content (AvgIpc) is 2.67. The summed E-state index contributed by atoms with van der Waals surface area (Å²) in [5, 5.41) is 0. The highest BCUT2D eigenvalue weighted by molar-refractivity contribution is 9.10.